The van der Waals surface area contributed by atoms with Crippen LogP contribution in [0.5, 0.6) is 0 Å². The molecule has 1 aliphatic rings. The van der Waals surface area contributed by atoms with Crippen molar-refractivity contribution < 1.29 is 14.1 Å². The third-order valence-electron chi connectivity index (χ3n) is 3.48. The number of hydrogen-bond donors (Lipinski definition) is 2. The first-order chi connectivity index (χ1) is 9.04. The SMILES string of the molecule is C[C@H]1CCC[NH+](CC(=O)Nc2ccc(Cl)cc2F)C1. The lowest BCUT2D eigenvalue weighted by Gasteiger charge is -2.27. The Morgan fingerprint density at radius 1 is 1.58 bits per heavy atom. The van der Waals surface area contributed by atoms with Crippen LogP contribution in [0.3, 0.4) is 0 Å². The fourth-order valence-corrected chi connectivity index (χ4v) is 2.73. The van der Waals surface area contributed by atoms with Crippen molar-refractivity contribution >= 4 is 23.2 Å². The Morgan fingerprint density at radius 2 is 2.37 bits per heavy atom. The molecular formula is C14H19ClFN2O+. The summed E-state index contributed by atoms with van der Waals surface area (Å²) in [6.07, 6.45) is 2.38. The first kappa shape index (κ1) is 14.3. The molecule has 1 aromatic carbocycles. The van der Waals surface area contributed by atoms with E-state index in [1.165, 1.54) is 23.5 Å². The van der Waals surface area contributed by atoms with Crippen LogP contribution in [-0.4, -0.2) is 25.5 Å². The molecule has 3 nitrogen and oxygen atoms in total. The van der Waals surface area contributed by atoms with E-state index >= 15 is 0 Å². The van der Waals surface area contributed by atoms with Gasteiger partial charge in [0, 0.05) is 10.9 Å². The predicted octanol–water partition coefficient (Wildman–Crippen LogP) is 1.73. The summed E-state index contributed by atoms with van der Waals surface area (Å²) >= 11 is 5.67. The van der Waals surface area contributed by atoms with Gasteiger partial charge in [0.15, 0.2) is 6.54 Å². The van der Waals surface area contributed by atoms with Crippen LogP contribution in [0, 0.1) is 11.7 Å². The molecule has 1 heterocycles. The van der Waals surface area contributed by atoms with E-state index in [0.717, 1.165) is 19.5 Å². The van der Waals surface area contributed by atoms with Gasteiger partial charge in [0.1, 0.15) is 5.82 Å². The zero-order valence-corrected chi connectivity index (χ0v) is 11.8. The summed E-state index contributed by atoms with van der Waals surface area (Å²) in [5.74, 6) is 0.0111. The van der Waals surface area contributed by atoms with Crippen molar-refractivity contribution in [2.75, 3.05) is 25.0 Å². The Morgan fingerprint density at radius 3 is 3.05 bits per heavy atom. The van der Waals surface area contributed by atoms with Crippen molar-refractivity contribution in [3.63, 3.8) is 0 Å². The molecule has 0 saturated carbocycles. The molecule has 19 heavy (non-hydrogen) atoms. The summed E-state index contributed by atoms with van der Waals surface area (Å²) in [6, 6.07) is 4.26. The van der Waals surface area contributed by atoms with Crippen molar-refractivity contribution in [2.45, 2.75) is 19.8 Å². The summed E-state index contributed by atoms with van der Waals surface area (Å²) in [5.41, 5.74) is 0.193. The van der Waals surface area contributed by atoms with Crippen LogP contribution in [0.25, 0.3) is 0 Å². The minimum absolute atomic E-state index is 0.148. The lowest BCUT2D eigenvalue weighted by Crippen LogP contribution is -3.14. The minimum atomic E-state index is -0.497. The summed E-state index contributed by atoms with van der Waals surface area (Å²) in [4.78, 5) is 13.2. The first-order valence-electron chi connectivity index (χ1n) is 6.63. The van der Waals surface area contributed by atoms with Crippen LogP contribution in [0.2, 0.25) is 5.02 Å². The quantitative estimate of drug-likeness (QED) is 0.871. The smallest absolute Gasteiger partial charge is 0.279 e. The van der Waals surface area contributed by atoms with Gasteiger partial charge in [0.25, 0.3) is 5.91 Å². The molecule has 0 spiro atoms. The molecule has 2 atom stereocenters. The lowest BCUT2D eigenvalue weighted by molar-refractivity contribution is -0.900. The number of carbonyl (C=O) groups excluding carboxylic acids is 1. The van der Waals surface area contributed by atoms with Gasteiger partial charge >= 0.3 is 0 Å². The summed E-state index contributed by atoms with van der Waals surface area (Å²) in [5, 5.41) is 2.93. The molecule has 1 unspecified atom stereocenters. The van der Waals surface area contributed by atoms with Crippen LogP contribution in [0.15, 0.2) is 18.2 Å². The minimum Gasteiger partial charge on any atom is -0.327 e. The highest BCUT2D eigenvalue weighted by molar-refractivity contribution is 6.30. The molecule has 2 N–H and O–H groups in total. The van der Waals surface area contributed by atoms with Crippen molar-refractivity contribution in [1.82, 2.24) is 0 Å². The molecular weight excluding hydrogens is 267 g/mol. The Kier molecular flexibility index (Phi) is 4.77. The van der Waals surface area contributed by atoms with Crippen LogP contribution >= 0.6 is 11.6 Å². The second kappa shape index (κ2) is 6.35. The number of quaternary nitrogens is 1. The van der Waals surface area contributed by atoms with Crippen molar-refractivity contribution in [2.24, 2.45) is 5.92 Å². The van der Waals surface area contributed by atoms with E-state index in [4.69, 9.17) is 11.6 Å². The number of piperidine rings is 1. The van der Waals surface area contributed by atoms with Gasteiger partial charge in [-0.2, -0.15) is 0 Å². The number of hydrogen-bond acceptors (Lipinski definition) is 1. The van der Waals surface area contributed by atoms with Gasteiger partial charge in [-0.05, 0) is 31.0 Å². The Hall–Kier alpha value is -1.13. The Balaban J connectivity index is 1.90. The van der Waals surface area contributed by atoms with Crippen molar-refractivity contribution in [3.8, 4) is 0 Å². The standard InChI is InChI=1S/C14H18ClFN2O/c1-10-3-2-6-18(8-10)9-14(19)17-13-5-4-11(15)7-12(13)16/h4-5,7,10H,2-3,6,8-9H2,1H3,(H,17,19)/p+1/t10-/m0/s1. The molecule has 104 valence electrons. The second-order valence-electron chi connectivity index (χ2n) is 5.30. The van der Waals surface area contributed by atoms with Gasteiger partial charge in [0.05, 0.1) is 18.8 Å². The molecule has 0 aliphatic carbocycles. The van der Waals surface area contributed by atoms with E-state index < -0.39 is 5.82 Å². The largest absolute Gasteiger partial charge is 0.327 e. The molecule has 1 fully saturated rings. The van der Waals surface area contributed by atoms with E-state index in [0.29, 0.717) is 17.5 Å². The van der Waals surface area contributed by atoms with E-state index in [1.54, 1.807) is 6.07 Å². The molecule has 0 radical (unpaired) electrons. The zero-order chi connectivity index (χ0) is 13.8. The molecule has 1 saturated heterocycles. The van der Waals surface area contributed by atoms with Gasteiger partial charge in [0.2, 0.25) is 0 Å². The Labute approximate surface area is 117 Å². The predicted molar refractivity (Wildman–Crippen MR) is 74.0 cm³/mol. The van der Waals surface area contributed by atoms with Crippen LogP contribution < -0.4 is 10.2 Å². The number of halogens is 2. The van der Waals surface area contributed by atoms with Gasteiger partial charge in [-0.3, -0.25) is 4.79 Å². The molecule has 1 aliphatic heterocycles. The van der Waals surface area contributed by atoms with Crippen molar-refractivity contribution in [3.05, 3.63) is 29.0 Å². The normalized spacial score (nSPS) is 23.1. The third kappa shape index (κ3) is 4.18. The highest BCUT2D eigenvalue weighted by Crippen LogP contribution is 2.18. The van der Waals surface area contributed by atoms with E-state index in [9.17, 15) is 9.18 Å². The molecule has 5 heteroatoms. The molecule has 2 rings (SSSR count). The number of benzene rings is 1. The molecule has 0 bridgehead atoms. The summed E-state index contributed by atoms with van der Waals surface area (Å²) in [6.45, 7) is 4.62. The fourth-order valence-electron chi connectivity index (χ4n) is 2.57. The molecule has 1 aromatic rings. The van der Waals surface area contributed by atoms with Gasteiger partial charge in [-0.15, -0.1) is 0 Å². The Bertz CT molecular complexity index is 467. The lowest BCUT2D eigenvalue weighted by atomic mass is 10.0. The average Bonchev–Trinajstić information content (AvgIpc) is 2.33. The van der Waals surface area contributed by atoms with Crippen LogP contribution in [0.1, 0.15) is 19.8 Å². The number of likely N-dealkylation sites (tertiary alicyclic amines) is 1. The number of anilines is 1. The maximum Gasteiger partial charge on any atom is 0.279 e. The van der Waals surface area contributed by atoms with E-state index in [2.05, 4.69) is 12.2 Å². The van der Waals surface area contributed by atoms with Crippen molar-refractivity contribution in [1.29, 1.82) is 0 Å². The highest BCUT2D eigenvalue weighted by Gasteiger charge is 2.22. The van der Waals surface area contributed by atoms with Gasteiger partial charge in [-0.25, -0.2) is 4.39 Å². The van der Waals surface area contributed by atoms with E-state index in [1.807, 2.05) is 0 Å². The number of rotatable bonds is 3. The maximum atomic E-state index is 13.5. The highest BCUT2D eigenvalue weighted by atomic mass is 35.5. The third-order valence-corrected chi connectivity index (χ3v) is 3.72. The molecule has 0 aromatic heterocycles. The first-order valence-corrected chi connectivity index (χ1v) is 7.01. The van der Waals surface area contributed by atoms with E-state index in [-0.39, 0.29) is 11.6 Å². The summed E-state index contributed by atoms with van der Waals surface area (Å²) in [7, 11) is 0. The average molecular weight is 286 g/mol. The number of carbonyl (C=O) groups is 1. The summed E-state index contributed by atoms with van der Waals surface area (Å²) < 4.78 is 13.5. The van der Waals surface area contributed by atoms with Gasteiger partial charge < -0.3 is 10.2 Å². The topological polar surface area (TPSA) is 33.5 Å². The monoisotopic (exact) mass is 285 g/mol. The molecule has 1 amide bonds. The zero-order valence-electron chi connectivity index (χ0n) is 11.0. The fraction of sp³-hybridized carbons (Fsp3) is 0.500. The second-order valence-corrected chi connectivity index (χ2v) is 5.74. The number of nitrogens with one attached hydrogen (secondary N) is 2. The number of amides is 1. The van der Waals surface area contributed by atoms with Gasteiger partial charge in [-0.1, -0.05) is 18.5 Å². The van der Waals surface area contributed by atoms with Crippen LogP contribution in [-0.2, 0) is 4.79 Å². The van der Waals surface area contributed by atoms with Crippen LogP contribution in [0.4, 0.5) is 10.1 Å². The maximum absolute atomic E-state index is 13.5.